The first-order valence-corrected chi connectivity index (χ1v) is 9.35. The van der Waals surface area contributed by atoms with Gasteiger partial charge in [0.1, 0.15) is 0 Å². The second-order valence-corrected chi connectivity index (χ2v) is 8.08. The van der Waals surface area contributed by atoms with Crippen molar-refractivity contribution >= 4 is 23.0 Å². The molecule has 0 fully saturated rings. The maximum Gasteiger partial charge on any atom is 0.171 e. The van der Waals surface area contributed by atoms with Crippen molar-refractivity contribution in [1.82, 2.24) is 15.1 Å². The number of aromatic nitrogens is 2. The summed E-state index contributed by atoms with van der Waals surface area (Å²) in [5.41, 5.74) is 2.42. The molecule has 1 aromatic carbocycles. The summed E-state index contributed by atoms with van der Waals surface area (Å²) < 4.78 is 1.94. The van der Waals surface area contributed by atoms with Crippen LogP contribution < -0.4 is 10.6 Å². The summed E-state index contributed by atoms with van der Waals surface area (Å²) >= 11 is 5.53. The van der Waals surface area contributed by atoms with Crippen LogP contribution in [0.4, 0.5) is 5.69 Å². The molecule has 25 heavy (non-hydrogen) atoms. The smallest absolute Gasteiger partial charge is 0.171 e. The number of hydrogen-bond donors (Lipinski definition) is 2. The van der Waals surface area contributed by atoms with E-state index in [9.17, 15) is 0 Å². The van der Waals surface area contributed by atoms with Crippen LogP contribution in [0.15, 0.2) is 42.7 Å². The van der Waals surface area contributed by atoms with Gasteiger partial charge in [0.2, 0.25) is 0 Å². The Kier molecular flexibility index (Phi) is 6.59. The molecular weight excluding hydrogens is 328 g/mol. The van der Waals surface area contributed by atoms with Crippen molar-refractivity contribution in [2.45, 2.75) is 59.5 Å². The Bertz CT molecular complexity index is 656. The highest BCUT2D eigenvalue weighted by molar-refractivity contribution is 7.80. The molecule has 0 aliphatic carbocycles. The molecule has 2 unspecified atom stereocenters. The van der Waals surface area contributed by atoms with Crippen molar-refractivity contribution in [2.24, 2.45) is 5.41 Å². The summed E-state index contributed by atoms with van der Waals surface area (Å²) in [5.74, 6) is 0.582. The molecule has 0 saturated heterocycles. The molecular formula is C20H30N4S. The summed E-state index contributed by atoms with van der Waals surface area (Å²) in [6.07, 6.45) is 4.92. The van der Waals surface area contributed by atoms with E-state index in [1.807, 2.05) is 16.9 Å². The van der Waals surface area contributed by atoms with Crippen molar-refractivity contribution in [3.8, 4) is 0 Å². The van der Waals surface area contributed by atoms with E-state index in [-0.39, 0.29) is 11.5 Å². The minimum absolute atomic E-state index is 0.0537. The number of nitrogens with one attached hydrogen (secondary N) is 2. The molecule has 0 saturated carbocycles. The Morgan fingerprint density at radius 1 is 1.24 bits per heavy atom. The highest BCUT2D eigenvalue weighted by Crippen LogP contribution is 2.22. The molecule has 0 bridgehead atoms. The first kappa shape index (κ1) is 19.4. The molecule has 2 N–H and O–H groups in total. The van der Waals surface area contributed by atoms with Gasteiger partial charge in [-0.3, -0.25) is 4.68 Å². The van der Waals surface area contributed by atoms with Gasteiger partial charge in [-0.1, -0.05) is 46.8 Å². The molecule has 2 aromatic rings. The van der Waals surface area contributed by atoms with Crippen LogP contribution in [-0.2, 0) is 6.54 Å². The van der Waals surface area contributed by atoms with E-state index in [4.69, 9.17) is 12.2 Å². The second-order valence-electron chi connectivity index (χ2n) is 7.68. The second kappa shape index (κ2) is 8.48. The van der Waals surface area contributed by atoms with E-state index < -0.39 is 0 Å². The van der Waals surface area contributed by atoms with Crippen LogP contribution in [0.5, 0.6) is 0 Å². The van der Waals surface area contributed by atoms with Gasteiger partial charge in [-0.15, -0.1) is 0 Å². The Labute approximate surface area is 157 Å². The van der Waals surface area contributed by atoms with E-state index in [1.54, 1.807) is 6.20 Å². The van der Waals surface area contributed by atoms with Crippen LogP contribution in [0.1, 0.15) is 52.5 Å². The summed E-state index contributed by atoms with van der Waals surface area (Å²) in [7, 11) is 0. The Morgan fingerprint density at radius 3 is 2.44 bits per heavy atom. The van der Waals surface area contributed by atoms with E-state index in [2.05, 4.69) is 74.6 Å². The molecule has 1 aromatic heterocycles. The van der Waals surface area contributed by atoms with Crippen molar-refractivity contribution in [3.63, 3.8) is 0 Å². The third kappa shape index (κ3) is 5.85. The van der Waals surface area contributed by atoms with Crippen LogP contribution in [-0.4, -0.2) is 20.9 Å². The summed E-state index contributed by atoms with van der Waals surface area (Å²) in [6, 6.07) is 10.6. The van der Waals surface area contributed by atoms with Crippen LogP contribution in [0, 0.1) is 5.41 Å². The monoisotopic (exact) mass is 358 g/mol. The SMILES string of the molecule is CCC(C)c1ccc(NC(=S)NC(Cn2cccn2)C(C)(C)C)cc1. The molecule has 0 spiro atoms. The van der Waals surface area contributed by atoms with Gasteiger partial charge in [-0.2, -0.15) is 5.10 Å². The average Bonchev–Trinajstić information content (AvgIpc) is 3.06. The zero-order valence-electron chi connectivity index (χ0n) is 15.9. The van der Waals surface area contributed by atoms with Crippen LogP contribution in [0.3, 0.4) is 0 Å². The highest BCUT2D eigenvalue weighted by Gasteiger charge is 2.26. The molecule has 2 atom stereocenters. The Balaban J connectivity index is 1.98. The predicted octanol–water partition coefficient (Wildman–Crippen LogP) is 4.80. The van der Waals surface area contributed by atoms with Crippen molar-refractivity contribution in [3.05, 3.63) is 48.3 Å². The fourth-order valence-electron chi connectivity index (χ4n) is 2.59. The van der Waals surface area contributed by atoms with Crippen LogP contribution in [0.25, 0.3) is 0 Å². The predicted molar refractivity (Wildman–Crippen MR) is 110 cm³/mol. The largest absolute Gasteiger partial charge is 0.357 e. The number of anilines is 1. The quantitative estimate of drug-likeness (QED) is 0.728. The van der Waals surface area contributed by atoms with E-state index >= 15 is 0 Å². The summed E-state index contributed by atoms with van der Waals surface area (Å²) in [4.78, 5) is 0. The van der Waals surface area contributed by atoms with E-state index in [0.717, 1.165) is 18.7 Å². The lowest BCUT2D eigenvalue weighted by Crippen LogP contribution is -2.48. The minimum Gasteiger partial charge on any atom is -0.357 e. The standard InChI is InChI=1S/C20H30N4S/c1-6-15(2)16-8-10-17(11-9-16)22-19(25)23-18(20(3,4)5)14-24-13-7-12-21-24/h7-13,15,18H,6,14H2,1-5H3,(H2,22,23,25). The fraction of sp³-hybridized carbons (Fsp3) is 0.500. The molecule has 4 nitrogen and oxygen atoms in total. The van der Waals surface area contributed by atoms with Gasteiger partial charge < -0.3 is 10.6 Å². The normalized spacial score (nSPS) is 14.0. The molecule has 1 heterocycles. The molecule has 0 radical (unpaired) electrons. The zero-order valence-corrected chi connectivity index (χ0v) is 16.7. The maximum absolute atomic E-state index is 5.53. The number of hydrogen-bond acceptors (Lipinski definition) is 2. The molecule has 0 aliphatic rings. The lowest BCUT2D eigenvalue weighted by Gasteiger charge is -2.32. The van der Waals surface area contributed by atoms with E-state index in [0.29, 0.717) is 11.0 Å². The summed E-state index contributed by atoms with van der Waals surface area (Å²) in [5, 5.41) is 11.7. The Morgan fingerprint density at radius 2 is 1.92 bits per heavy atom. The van der Waals surface area contributed by atoms with Crippen molar-refractivity contribution in [1.29, 1.82) is 0 Å². The van der Waals surface area contributed by atoms with Gasteiger partial charge in [-0.25, -0.2) is 0 Å². The van der Waals surface area contributed by atoms with Gasteiger partial charge in [0.25, 0.3) is 0 Å². The molecule has 136 valence electrons. The van der Waals surface area contributed by atoms with Gasteiger partial charge in [0.05, 0.1) is 12.6 Å². The lowest BCUT2D eigenvalue weighted by molar-refractivity contribution is 0.262. The number of nitrogens with zero attached hydrogens (tertiary/aromatic N) is 2. The molecule has 0 aliphatic heterocycles. The minimum atomic E-state index is 0.0537. The third-order valence-corrected chi connectivity index (χ3v) is 4.85. The number of rotatable bonds is 6. The lowest BCUT2D eigenvalue weighted by atomic mass is 9.87. The van der Waals surface area contributed by atoms with Gasteiger partial charge in [0.15, 0.2) is 5.11 Å². The van der Waals surface area contributed by atoms with Gasteiger partial charge in [0, 0.05) is 18.1 Å². The zero-order chi connectivity index (χ0) is 18.4. The van der Waals surface area contributed by atoms with Crippen LogP contribution in [0.2, 0.25) is 0 Å². The average molecular weight is 359 g/mol. The first-order valence-electron chi connectivity index (χ1n) is 8.94. The van der Waals surface area contributed by atoms with Crippen molar-refractivity contribution in [2.75, 3.05) is 5.32 Å². The first-order chi connectivity index (χ1) is 11.8. The number of benzene rings is 1. The maximum atomic E-state index is 5.53. The topological polar surface area (TPSA) is 41.9 Å². The van der Waals surface area contributed by atoms with Crippen LogP contribution >= 0.6 is 12.2 Å². The van der Waals surface area contributed by atoms with E-state index in [1.165, 1.54) is 5.56 Å². The molecule has 0 amide bonds. The Hall–Kier alpha value is -1.88. The van der Waals surface area contributed by atoms with Gasteiger partial charge >= 0.3 is 0 Å². The van der Waals surface area contributed by atoms with Gasteiger partial charge in [-0.05, 0) is 53.7 Å². The molecule has 5 heteroatoms. The fourth-order valence-corrected chi connectivity index (χ4v) is 2.85. The van der Waals surface area contributed by atoms with Crippen molar-refractivity contribution < 1.29 is 0 Å². The third-order valence-electron chi connectivity index (χ3n) is 4.63. The summed E-state index contributed by atoms with van der Waals surface area (Å²) in [6.45, 7) is 11.8. The highest BCUT2D eigenvalue weighted by atomic mass is 32.1. The molecule has 2 rings (SSSR count). The number of thiocarbonyl (C=S) groups is 1.